The summed E-state index contributed by atoms with van der Waals surface area (Å²) in [5.41, 5.74) is 5.55. The Labute approximate surface area is 104 Å². The van der Waals surface area contributed by atoms with Crippen molar-refractivity contribution >= 4 is 17.8 Å². The predicted molar refractivity (Wildman–Crippen MR) is 59.6 cm³/mol. The van der Waals surface area contributed by atoms with Gasteiger partial charge in [0.05, 0.1) is 18.4 Å². The zero-order valence-electron chi connectivity index (χ0n) is 9.78. The number of carboxylic acids is 2. The standard InChI is InChI=1S/C11H16N2O5/c12-7(4-9(14)15)10(16)13-5-1-2-8(13)6(3-5)11(17)18/h5-8H,1-4,12H2,(H,14,15)(H,17,18). The lowest BCUT2D eigenvalue weighted by atomic mass is 9.89. The van der Waals surface area contributed by atoms with Crippen LogP contribution in [0, 0.1) is 5.92 Å². The lowest BCUT2D eigenvalue weighted by molar-refractivity contribution is -0.145. The molecule has 7 heteroatoms. The third-order valence-corrected chi connectivity index (χ3v) is 3.82. The molecule has 7 nitrogen and oxygen atoms in total. The van der Waals surface area contributed by atoms with Gasteiger partial charge >= 0.3 is 11.9 Å². The van der Waals surface area contributed by atoms with E-state index >= 15 is 0 Å². The van der Waals surface area contributed by atoms with Gasteiger partial charge in [-0.25, -0.2) is 0 Å². The molecule has 2 fully saturated rings. The van der Waals surface area contributed by atoms with Crippen LogP contribution in [0.15, 0.2) is 0 Å². The molecule has 2 rings (SSSR count). The van der Waals surface area contributed by atoms with E-state index in [4.69, 9.17) is 15.9 Å². The monoisotopic (exact) mass is 256 g/mol. The summed E-state index contributed by atoms with van der Waals surface area (Å²) in [6, 6.07) is -1.50. The molecule has 0 aromatic rings. The van der Waals surface area contributed by atoms with Crippen molar-refractivity contribution in [2.75, 3.05) is 0 Å². The highest BCUT2D eigenvalue weighted by Gasteiger charge is 2.52. The Morgan fingerprint density at radius 2 is 1.94 bits per heavy atom. The van der Waals surface area contributed by atoms with Crippen molar-refractivity contribution in [3.63, 3.8) is 0 Å². The fourth-order valence-electron chi connectivity index (χ4n) is 3.06. The van der Waals surface area contributed by atoms with Crippen LogP contribution in [-0.4, -0.2) is 51.1 Å². The maximum atomic E-state index is 12.1. The van der Waals surface area contributed by atoms with E-state index in [1.165, 1.54) is 4.90 Å². The van der Waals surface area contributed by atoms with Crippen LogP contribution in [0.5, 0.6) is 0 Å². The van der Waals surface area contributed by atoms with E-state index in [1.54, 1.807) is 0 Å². The van der Waals surface area contributed by atoms with Gasteiger partial charge < -0.3 is 20.8 Å². The number of aliphatic carboxylic acids is 2. The predicted octanol–water partition coefficient (Wildman–Crippen LogP) is -0.747. The van der Waals surface area contributed by atoms with Crippen molar-refractivity contribution in [3.05, 3.63) is 0 Å². The first-order valence-corrected chi connectivity index (χ1v) is 5.94. The molecule has 0 aliphatic carbocycles. The minimum Gasteiger partial charge on any atom is -0.481 e. The largest absolute Gasteiger partial charge is 0.481 e. The Bertz CT molecular complexity index is 397. The van der Waals surface area contributed by atoms with Crippen LogP contribution in [0.2, 0.25) is 0 Å². The van der Waals surface area contributed by atoms with Crippen molar-refractivity contribution in [1.82, 2.24) is 4.90 Å². The average Bonchev–Trinajstić information content (AvgIpc) is 2.83. The molecule has 2 heterocycles. The molecule has 0 spiro atoms. The highest BCUT2D eigenvalue weighted by molar-refractivity contribution is 5.88. The first-order chi connectivity index (χ1) is 8.41. The summed E-state index contributed by atoms with van der Waals surface area (Å²) in [5.74, 6) is -3.00. The van der Waals surface area contributed by atoms with Crippen molar-refractivity contribution < 1.29 is 24.6 Å². The number of nitrogens with zero attached hydrogens (tertiary/aromatic N) is 1. The maximum Gasteiger partial charge on any atom is 0.308 e. The van der Waals surface area contributed by atoms with E-state index in [0.717, 1.165) is 6.42 Å². The summed E-state index contributed by atoms with van der Waals surface area (Å²) in [7, 11) is 0. The van der Waals surface area contributed by atoms with Crippen LogP contribution in [0.25, 0.3) is 0 Å². The Hall–Kier alpha value is -1.63. The normalized spacial score (nSPS) is 31.4. The van der Waals surface area contributed by atoms with E-state index in [-0.39, 0.29) is 12.1 Å². The molecule has 2 aliphatic heterocycles. The SMILES string of the molecule is NC(CC(=O)O)C(=O)N1C2CCC1C(C(=O)O)C2. The van der Waals surface area contributed by atoms with Gasteiger partial charge in [-0.05, 0) is 19.3 Å². The quantitative estimate of drug-likeness (QED) is 0.608. The zero-order chi connectivity index (χ0) is 13.4. The van der Waals surface area contributed by atoms with Crippen LogP contribution in [-0.2, 0) is 14.4 Å². The highest BCUT2D eigenvalue weighted by Crippen LogP contribution is 2.42. The molecule has 0 saturated carbocycles. The zero-order valence-corrected chi connectivity index (χ0v) is 9.78. The molecule has 0 aromatic carbocycles. The molecule has 100 valence electrons. The summed E-state index contributed by atoms with van der Waals surface area (Å²) in [5, 5.41) is 17.7. The second kappa shape index (κ2) is 4.56. The van der Waals surface area contributed by atoms with Gasteiger partial charge in [0.1, 0.15) is 0 Å². The molecule has 4 atom stereocenters. The van der Waals surface area contributed by atoms with Gasteiger partial charge in [0.15, 0.2) is 0 Å². The number of rotatable bonds is 4. The van der Waals surface area contributed by atoms with E-state index in [1.807, 2.05) is 0 Å². The number of hydrogen-bond donors (Lipinski definition) is 3. The number of nitrogens with two attached hydrogens (primary N) is 1. The van der Waals surface area contributed by atoms with E-state index in [9.17, 15) is 14.4 Å². The molecular weight excluding hydrogens is 240 g/mol. The van der Waals surface area contributed by atoms with Crippen LogP contribution in [0.4, 0.5) is 0 Å². The van der Waals surface area contributed by atoms with Gasteiger partial charge in [-0.1, -0.05) is 0 Å². The summed E-state index contributed by atoms with van der Waals surface area (Å²) in [6.07, 6.45) is 1.46. The van der Waals surface area contributed by atoms with E-state index in [0.29, 0.717) is 12.8 Å². The minimum absolute atomic E-state index is 0.0940. The fraction of sp³-hybridized carbons (Fsp3) is 0.727. The first-order valence-electron chi connectivity index (χ1n) is 5.94. The lowest BCUT2D eigenvalue weighted by Gasteiger charge is -2.25. The number of fused-ring (bicyclic) bond motifs is 2. The van der Waals surface area contributed by atoms with Gasteiger partial charge in [-0.2, -0.15) is 0 Å². The Morgan fingerprint density at radius 1 is 1.28 bits per heavy atom. The second-order valence-electron chi connectivity index (χ2n) is 4.93. The Balaban J connectivity index is 2.08. The van der Waals surface area contributed by atoms with Gasteiger partial charge in [-0.3, -0.25) is 14.4 Å². The summed E-state index contributed by atoms with van der Waals surface area (Å²) >= 11 is 0. The minimum atomic E-state index is -1.13. The third-order valence-electron chi connectivity index (χ3n) is 3.82. The van der Waals surface area contributed by atoms with E-state index in [2.05, 4.69) is 0 Å². The van der Waals surface area contributed by atoms with Crippen molar-refractivity contribution in [3.8, 4) is 0 Å². The molecule has 2 saturated heterocycles. The topological polar surface area (TPSA) is 121 Å². The Morgan fingerprint density at radius 3 is 2.44 bits per heavy atom. The van der Waals surface area contributed by atoms with Crippen LogP contribution in [0.3, 0.4) is 0 Å². The van der Waals surface area contributed by atoms with Crippen LogP contribution < -0.4 is 5.73 Å². The molecule has 4 unspecified atom stereocenters. The lowest BCUT2D eigenvalue weighted by Crippen LogP contribution is -2.47. The van der Waals surface area contributed by atoms with Crippen molar-refractivity contribution in [1.29, 1.82) is 0 Å². The van der Waals surface area contributed by atoms with Crippen molar-refractivity contribution in [2.24, 2.45) is 11.7 Å². The molecular formula is C11H16N2O5. The molecule has 0 aromatic heterocycles. The number of hydrogen-bond acceptors (Lipinski definition) is 4. The fourth-order valence-corrected chi connectivity index (χ4v) is 3.06. The van der Waals surface area contributed by atoms with Gasteiger partial charge in [0.25, 0.3) is 0 Å². The molecule has 2 aliphatic rings. The highest BCUT2D eigenvalue weighted by atomic mass is 16.4. The van der Waals surface area contributed by atoms with Crippen LogP contribution >= 0.6 is 0 Å². The summed E-state index contributed by atoms with van der Waals surface area (Å²) < 4.78 is 0. The first kappa shape index (κ1) is 12.8. The average molecular weight is 256 g/mol. The summed E-state index contributed by atoms with van der Waals surface area (Å²) in [4.78, 5) is 35.1. The smallest absolute Gasteiger partial charge is 0.308 e. The van der Waals surface area contributed by atoms with E-state index < -0.39 is 36.2 Å². The summed E-state index contributed by atoms with van der Waals surface area (Å²) in [6.45, 7) is 0. The third kappa shape index (κ3) is 2.05. The number of carboxylic acid groups (broad SMARTS) is 2. The van der Waals surface area contributed by atoms with Gasteiger partial charge in [0, 0.05) is 12.1 Å². The maximum absolute atomic E-state index is 12.1. The molecule has 0 radical (unpaired) electrons. The van der Waals surface area contributed by atoms with Gasteiger partial charge in [-0.15, -0.1) is 0 Å². The Kier molecular flexibility index (Phi) is 3.25. The van der Waals surface area contributed by atoms with Gasteiger partial charge in [0.2, 0.25) is 5.91 Å². The van der Waals surface area contributed by atoms with Crippen molar-refractivity contribution in [2.45, 2.75) is 43.8 Å². The molecule has 1 amide bonds. The second-order valence-corrected chi connectivity index (χ2v) is 4.93. The number of amides is 1. The number of carbonyl (C=O) groups is 3. The number of carbonyl (C=O) groups excluding carboxylic acids is 1. The molecule has 18 heavy (non-hydrogen) atoms. The van der Waals surface area contributed by atoms with Crippen LogP contribution in [0.1, 0.15) is 25.7 Å². The molecule has 4 N–H and O–H groups in total. The molecule has 2 bridgehead atoms.